The summed E-state index contributed by atoms with van der Waals surface area (Å²) in [4.78, 5) is 25.3. The Balaban J connectivity index is 1.95. The molecule has 1 aliphatic heterocycles. The predicted octanol–water partition coefficient (Wildman–Crippen LogP) is 1.16. The average Bonchev–Trinajstić information content (AvgIpc) is 2.43. The lowest BCUT2D eigenvalue weighted by Gasteiger charge is -2.33. The van der Waals surface area contributed by atoms with Crippen LogP contribution in [0.4, 0.5) is 5.69 Å². The van der Waals surface area contributed by atoms with E-state index in [9.17, 15) is 14.7 Å². The van der Waals surface area contributed by atoms with E-state index in [0.717, 1.165) is 5.56 Å². The number of rotatable bonds is 1. The number of piperidine rings is 1. The van der Waals surface area contributed by atoms with E-state index in [4.69, 9.17) is 0 Å². The van der Waals surface area contributed by atoms with E-state index < -0.39 is 17.9 Å². The highest BCUT2D eigenvalue weighted by Crippen LogP contribution is 2.17. The normalized spacial score (nSPS) is 22.4. The van der Waals surface area contributed by atoms with Gasteiger partial charge in [0.25, 0.3) is 0 Å². The molecule has 108 valence electrons. The van der Waals surface area contributed by atoms with Crippen LogP contribution in [0.15, 0.2) is 24.3 Å². The second-order valence-corrected chi connectivity index (χ2v) is 5.40. The minimum absolute atomic E-state index is 0.166. The zero-order valence-electron chi connectivity index (χ0n) is 11.8. The summed E-state index contributed by atoms with van der Waals surface area (Å²) in [5.41, 5.74) is 1.68. The number of hydrogen-bond acceptors (Lipinski definition) is 3. The molecule has 1 aromatic carbocycles. The summed E-state index contributed by atoms with van der Waals surface area (Å²) in [5, 5.41) is 12.4. The molecule has 0 saturated carbocycles. The van der Waals surface area contributed by atoms with Gasteiger partial charge in [0.15, 0.2) is 0 Å². The monoisotopic (exact) mass is 276 g/mol. The molecular weight excluding hydrogens is 256 g/mol. The summed E-state index contributed by atoms with van der Waals surface area (Å²) >= 11 is 0. The highest BCUT2D eigenvalue weighted by molar-refractivity contribution is 6.39. The minimum Gasteiger partial charge on any atom is -0.391 e. The molecule has 2 N–H and O–H groups in total. The number of hydrogen-bond donors (Lipinski definition) is 2. The second kappa shape index (κ2) is 6.05. The standard InChI is InChI=1S/C15H20N2O3/c1-10-3-5-12(6-4-10)16-14(19)15(20)17-8-7-11(2)13(18)9-17/h3-6,11,13,18H,7-9H2,1-2H3,(H,16,19). The summed E-state index contributed by atoms with van der Waals surface area (Å²) < 4.78 is 0. The van der Waals surface area contributed by atoms with Gasteiger partial charge in [0, 0.05) is 18.8 Å². The Labute approximate surface area is 118 Å². The fraction of sp³-hybridized carbons (Fsp3) is 0.467. The van der Waals surface area contributed by atoms with Crippen LogP contribution in [-0.4, -0.2) is 41.0 Å². The molecule has 0 bridgehead atoms. The van der Waals surface area contributed by atoms with Crippen LogP contribution in [0.3, 0.4) is 0 Å². The van der Waals surface area contributed by atoms with Crippen molar-refractivity contribution in [1.29, 1.82) is 0 Å². The third-order valence-electron chi connectivity index (χ3n) is 3.71. The molecule has 5 heteroatoms. The van der Waals surface area contributed by atoms with Crippen molar-refractivity contribution < 1.29 is 14.7 Å². The largest absolute Gasteiger partial charge is 0.391 e. The van der Waals surface area contributed by atoms with Crippen LogP contribution in [0.2, 0.25) is 0 Å². The predicted molar refractivity (Wildman–Crippen MR) is 76.2 cm³/mol. The van der Waals surface area contributed by atoms with Crippen LogP contribution in [0, 0.1) is 12.8 Å². The van der Waals surface area contributed by atoms with Gasteiger partial charge in [-0.2, -0.15) is 0 Å². The van der Waals surface area contributed by atoms with Crippen molar-refractivity contribution in [1.82, 2.24) is 4.90 Å². The number of β-amino-alcohol motifs (C(OH)–C–C–N with tert-alkyl or cyclic N) is 1. The van der Waals surface area contributed by atoms with Gasteiger partial charge in [-0.25, -0.2) is 0 Å². The number of benzene rings is 1. The SMILES string of the molecule is Cc1ccc(NC(=O)C(=O)N2CCC(C)C(O)C2)cc1. The second-order valence-electron chi connectivity index (χ2n) is 5.40. The van der Waals surface area contributed by atoms with E-state index in [1.807, 2.05) is 26.0 Å². The van der Waals surface area contributed by atoms with Crippen molar-refractivity contribution >= 4 is 17.5 Å². The molecule has 20 heavy (non-hydrogen) atoms. The van der Waals surface area contributed by atoms with Crippen molar-refractivity contribution in [2.75, 3.05) is 18.4 Å². The van der Waals surface area contributed by atoms with Crippen molar-refractivity contribution in [3.8, 4) is 0 Å². The van der Waals surface area contributed by atoms with Gasteiger partial charge >= 0.3 is 11.8 Å². The highest BCUT2D eigenvalue weighted by Gasteiger charge is 2.30. The maximum atomic E-state index is 12.0. The number of anilines is 1. The van der Waals surface area contributed by atoms with Gasteiger partial charge in [-0.15, -0.1) is 0 Å². The summed E-state index contributed by atoms with van der Waals surface area (Å²) in [6, 6.07) is 7.25. The molecule has 2 unspecified atom stereocenters. The first-order chi connectivity index (χ1) is 9.47. The number of nitrogens with one attached hydrogen (secondary N) is 1. The van der Waals surface area contributed by atoms with Crippen LogP contribution in [0.1, 0.15) is 18.9 Å². The van der Waals surface area contributed by atoms with E-state index in [1.165, 1.54) is 4.90 Å². The molecule has 0 spiro atoms. The molecule has 5 nitrogen and oxygen atoms in total. The van der Waals surface area contributed by atoms with Gasteiger partial charge in [0.2, 0.25) is 0 Å². The van der Waals surface area contributed by atoms with Crippen molar-refractivity contribution in [3.05, 3.63) is 29.8 Å². The molecule has 2 rings (SSSR count). The molecule has 0 radical (unpaired) electrons. The highest BCUT2D eigenvalue weighted by atomic mass is 16.3. The van der Waals surface area contributed by atoms with Crippen LogP contribution in [0.25, 0.3) is 0 Å². The summed E-state index contributed by atoms with van der Waals surface area (Å²) in [5.74, 6) is -1.08. The number of nitrogens with zero attached hydrogens (tertiary/aromatic N) is 1. The molecule has 0 aromatic heterocycles. The fourth-order valence-electron chi connectivity index (χ4n) is 2.20. The fourth-order valence-corrected chi connectivity index (χ4v) is 2.20. The van der Waals surface area contributed by atoms with Gasteiger partial charge in [-0.1, -0.05) is 24.6 Å². The Kier molecular flexibility index (Phi) is 4.39. The Hall–Kier alpha value is -1.88. The number of aliphatic hydroxyl groups excluding tert-OH is 1. The first-order valence-electron chi connectivity index (χ1n) is 6.82. The Bertz CT molecular complexity index is 498. The lowest BCUT2D eigenvalue weighted by Crippen LogP contribution is -2.49. The van der Waals surface area contributed by atoms with Gasteiger partial charge in [0.1, 0.15) is 0 Å². The molecule has 0 aliphatic carbocycles. The number of carbonyl (C=O) groups excluding carboxylic acids is 2. The topological polar surface area (TPSA) is 69.6 Å². The average molecular weight is 276 g/mol. The zero-order valence-corrected chi connectivity index (χ0v) is 11.8. The maximum Gasteiger partial charge on any atom is 0.313 e. The number of amides is 2. The molecule has 2 amide bonds. The van der Waals surface area contributed by atoms with Crippen molar-refractivity contribution in [3.63, 3.8) is 0 Å². The van der Waals surface area contributed by atoms with Crippen LogP contribution in [-0.2, 0) is 9.59 Å². The molecule has 1 aromatic rings. The molecule has 1 fully saturated rings. The first kappa shape index (κ1) is 14.5. The zero-order chi connectivity index (χ0) is 14.7. The first-order valence-corrected chi connectivity index (χ1v) is 6.82. The van der Waals surface area contributed by atoms with E-state index in [2.05, 4.69) is 5.32 Å². The number of carbonyl (C=O) groups is 2. The summed E-state index contributed by atoms with van der Waals surface area (Å²) in [6.07, 6.45) is 0.157. The van der Waals surface area contributed by atoms with Crippen LogP contribution >= 0.6 is 0 Å². The Morgan fingerprint density at radius 2 is 1.95 bits per heavy atom. The van der Waals surface area contributed by atoms with E-state index in [1.54, 1.807) is 12.1 Å². The minimum atomic E-state index is -0.657. The lowest BCUT2D eigenvalue weighted by atomic mass is 9.96. The van der Waals surface area contributed by atoms with Crippen molar-refractivity contribution in [2.24, 2.45) is 5.92 Å². The van der Waals surface area contributed by atoms with Crippen LogP contribution in [0.5, 0.6) is 0 Å². The van der Waals surface area contributed by atoms with Gasteiger partial charge < -0.3 is 15.3 Å². The van der Waals surface area contributed by atoms with Crippen LogP contribution < -0.4 is 5.32 Å². The number of likely N-dealkylation sites (tertiary alicyclic amines) is 1. The Morgan fingerprint density at radius 3 is 2.55 bits per heavy atom. The van der Waals surface area contributed by atoms with E-state index >= 15 is 0 Å². The molecule has 2 atom stereocenters. The summed E-state index contributed by atoms with van der Waals surface area (Å²) in [6.45, 7) is 4.63. The number of aliphatic hydroxyl groups is 1. The van der Waals surface area contributed by atoms with Crippen molar-refractivity contribution in [2.45, 2.75) is 26.4 Å². The molecular formula is C15H20N2O3. The maximum absolute atomic E-state index is 12.0. The lowest BCUT2D eigenvalue weighted by molar-refractivity contribution is -0.146. The smallest absolute Gasteiger partial charge is 0.313 e. The summed E-state index contributed by atoms with van der Waals surface area (Å²) in [7, 11) is 0. The number of aryl methyl sites for hydroxylation is 1. The van der Waals surface area contributed by atoms with Gasteiger partial charge in [-0.05, 0) is 31.4 Å². The van der Waals surface area contributed by atoms with Gasteiger partial charge in [-0.3, -0.25) is 9.59 Å². The third kappa shape index (κ3) is 3.36. The van der Waals surface area contributed by atoms with E-state index in [0.29, 0.717) is 18.7 Å². The molecule has 1 heterocycles. The third-order valence-corrected chi connectivity index (χ3v) is 3.71. The van der Waals surface area contributed by atoms with E-state index in [-0.39, 0.29) is 12.5 Å². The Morgan fingerprint density at radius 1 is 1.30 bits per heavy atom. The molecule has 1 aliphatic rings. The quantitative estimate of drug-likeness (QED) is 0.756. The van der Waals surface area contributed by atoms with Gasteiger partial charge in [0.05, 0.1) is 6.10 Å². The molecule has 1 saturated heterocycles.